The molecular formula is C19H20N2O3S. The molecule has 1 atom stereocenters. The molecule has 6 heteroatoms. The highest BCUT2D eigenvalue weighted by molar-refractivity contribution is 7.98. The van der Waals surface area contributed by atoms with E-state index in [0.717, 1.165) is 17.7 Å². The minimum atomic E-state index is -1.26. The van der Waals surface area contributed by atoms with Gasteiger partial charge in [0.15, 0.2) is 23.1 Å². The summed E-state index contributed by atoms with van der Waals surface area (Å²) >= 11 is 1.51. The van der Waals surface area contributed by atoms with Crippen LogP contribution in [0, 0.1) is 23.2 Å². The summed E-state index contributed by atoms with van der Waals surface area (Å²) in [6, 6.07) is 5.32. The van der Waals surface area contributed by atoms with E-state index in [-0.39, 0.29) is 22.7 Å². The minimum absolute atomic E-state index is 0.144. The van der Waals surface area contributed by atoms with Crippen molar-refractivity contribution in [2.45, 2.75) is 43.9 Å². The first-order chi connectivity index (χ1) is 11.8. The van der Waals surface area contributed by atoms with Gasteiger partial charge in [0.2, 0.25) is 5.89 Å². The number of carbonyl (C=O) groups is 2. The van der Waals surface area contributed by atoms with Gasteiger partial charge in [-0.15, -0.1) is 11.8 Å². The number of rotatable bonds is 5. The van der Waals surface area contributed by atoms with Crippen LogP contribution in [-0.4, -0.2) is 22.8 Å². The molecule has 1 unspecified atom stereocenters. The molecule has 1 fully saturated rings. The summed E-state index contributed by atoms with van der Waals surface area (Å²) in [5, 5.41) is 9.37. The van der Waals surface area contributed by atoms with Crippen molar-refractivity contribution in [3.8, 4) is 6.07 Å². The summed E-state index contributed by atoms with van der Waals surface area (Å²) in [7, 11) is 0. The Labute approximate surface area is 150 Å². The van der Waals surface area contributed by atoms with Crippen molar-refractivity contribution in [1.29, 1.82) is 5.26 Å². The second kappa shape index (κ2) is 6.30. The molecule has 2 aromatic rings. The molecule has 0 N–H and O–H groups in total. The maximum Gasteiger partial charge on any atom is 0.200 e. The molecule has 130 valence electrons. The molecule has 1 heterocycles. The van der Waals surface area contributed by atoms with E-state index >= 15 is 0 Å². The van der Waals surface area contributed by atoms with E-state index in [1.807, 2.05) is 33.1 Å². The quantitative estimate of drug-likeness (QED) is 0.454. The second-order valence-corrected chi connectivity index (χ2v) is 8.21. The first-order valence-electron chi connectivity index (χ1n) is 8.23. The monoisotopic (exact) mass is 356 g/mol. The van der Waals surface area contributed by atoms with Gasteiger partial charge in [0.05, 0.1) is 11.6 Å². The van der Waals surface area contributed by atoms with Gasteiger partial charge in [0.1, 0.15) is 5.52 Å². The van der Waals surface area contributed by atoms with E-state index < -0.39 is 11.7 Å². The van der Waals surface area contributed by atoms with E-state index in [0.29, 0.717) is 17.0 Å². The van der Waals surface area contributed by atoms with Crippen molar-refractivity contribution < 1.29 is 14.0 Å². The van der Waals surface area contributed by atoms with Crippen molar-refractivity contribution in [3.63, 3.8) is 0 Å². The van der Waals surface area contributed by atoms with Gasteiger partial charge in [0.25, 0.3) is 0 Å². The Morgan fingerprint density at radius 2 is 2.04 bits per heavy atom. The van der Waals surface area contributed by atoms with Gasteiger partial charge in [-0.1, -0.05) is 20.8 Å². The van der Waals surface area contributed by atoms with E-state index in [4.69, 9.17) is 4.42 Å². The Balaban J connectivity index is 2.12. The van der Waals surface area contributed by atoms with Gasteiger partial charge in [-0.3, -0.25) is 9.59 Å². The number of thioether (sulfide) groups is 1. The molecule has 0 bridgehead atoms. The lowest BCUT2D eigenvalue weighted by Crippen LogP contribution is -2.24. The van der Waals surface area contributed by atoms with Gasteiger partial charge < -0.3 is 4.42 Å². The second-order valence-electron chi connectivity index (χ2n) is 7.37. The summed E-state index contributed by atoms with van der Waals surface area (Å²) < 4.78 is 5.91. The molecule has 1 aliphatic rings. The van der Waals surface area contributed by atoms with Crippen LogP contribution in [0.25, 0.3) is 11.1 Å². The molecule has 0 aliphatic heterocycles. The zero-order valence-corrected chi connectivity index (χ0v) is 15.6. The fourth-order valence-corrected chi connectivity index (χ4v) is 3.21. The third-order valence-corrected chi connectivity index (χ3v) is 5.06. The topological polar surface area (TPSA) is 84.0 Å². The smallest absolute Gasteiger partial charge is 0.200 e. The molecular weight excluding hydrogens is 336 g/mol. The molecule has 0 spiro atoms. The van der Waals surface area contributed by atoms with E-state index in [2.05, 4.69) is 4.98 Å². The van der Waals surface area contributed by atoms with Crippen molar-refractivity contribution in [1.82, 2.24) is 4.98 Å². The van der Waals surface area contributed by atoms with Gasteiger partial charge >= 0.3 is 0 Å². The van der Waals surface area contributed by atoms with E-state index in [1.165, 1.54) is 11.8 Å². The fraction of sp³-hybridized carbons (Fsp3) is 0.474. The predicted molar refractivity (Wildman–Crippen MR) is 95.7 cm³/mol. The molecule has 0 radical (unpaired) electrons. The molecule has 3 rings (SSSR count). The third kappa shape index (κ3) is 3.21. The Kier molecular flexibility index (Phi) is 4.46. The summed E-state index contributed by atoms with van der Waals surface area (Å²) in [5.74, 6) is -1.65. The third-order valence-electron chi connectivity index (χ3n) is 4.29. The zero-order chi connectivity index (χ0) is 18.4. The maximum atomic E-state index is 12.9. The van der Waals surface area contributed by atoms with Crippen molar-refractivity contribution in [2.24, 2.45) is 11.8 Å². The molecule has 25 heavy (non-hydrogen) atoms. The Morgan fingerprint density at radius 3 is 2.56 bits per heavy atom. The molecule has 0 saturated heterocycles. The number of fused-ring (bicyclic) bond motifs is 1. The number of nitriles is 1. The number of carbonyl (C=O) groups excluding carboxylic acids is 2. The van der Waals surface area contributed by atoms with Crippen LogP contribution < -0.4 is 0 Å². The molecule has 5 nitrogen and oxygen atoms in total. The number of nitrogens with zero attached hydrogens (tertiary/aromatic N) is 2. The van der Waals surface area contributed by atoms with E-state index in [9.17, 15) is 14.9 Å². The number of Topliss-reactive ketones (excluding diaryl/α,β-unsaturated/α-hetero) is 2. The largest absolute Gasteiger partial charge is 0.439 e. The summed E-state index contributed by atoms with van der Waals surface area (Å²) in [5.41, 5.74) is 0.925. The zero-order valence-electron chi connectivity index (χ0n) is 14.8. The van der Waals surface area contributed by atoms with Gasteiger partial charge in [-0.2, -0.15) is 5.26 Å². The average molecular weight is 356 g/mol. The van der Waals surface area contributed by atoms with Crippen LogP contribution in [0.4, 0.5) is 0 Å². The first-order valence-corrected chi connectivity index (χ1v) is 9.46. The van der Waals surface area contributed by atoms with Crippen molar-refractivity contribution in [3.05, 3.63) is 23.6 Å². The highest BCUT2D eigenvalue weighted by Crippen LogP contribution is 2.36. The van der Waals surface area contributed by atoms with E-state index in [1.54, 1.807) is 12.1 Å². The number of ketones is 2. The van der Waals surface area contributed by atoms with Crippen LogP contribution in [0.1, 0.15) is 49.9 Å². The molecule has 1 saturated carbocycles. The fourth-order valence-electron chi connectivity index (χ4n) is 2.67. The normalized spacial score (nSPS) is 15.8. The summed E-state index contributed by atoms with van der Waals surface area (Å²) in [6.07, 6.45) is 3.46. The Morgan fingerprint density at radius 1 is 1.36 bits per heavy atom. The lowest BCUT2D eigenvalue weighted by Gasteiger charge is -2.12. The maximum absolute atomic E-state index is 12.9. The SMILES string of the molecule is CSc1ccc(C(=O)C(C#N)C(=O)C2CC2)c2oc(C(C)(C)C)nc12. The lowest BCUT2D eigenvalue weighted by atomic mass is 9.92. The number of hydrogen-bond acceptors (Lipinski definition) is 6. The highest BCUT2D eigenvalue weighted by atomic mass is 32.2. The highest BCUT2D eigenvalue weighted by Gasteiger charge is 2.39. The molecule has 1 aliphatic carbocycles. The first kappa shape index (κ1) is 17.7. The van der Waals surface area contributed by atoms with Crippen LogP contribution in [0.5, 0.6) is 0 Å². The summed E-state index contributed by atoms with van der Waals surface area (Å²) in [4.78, 5) is 30.6. The van der Waals surface area contributed by atoms with Gasteiger partial charge in [-0.25, -0.2) is 4.98 Å². The minimum Gasteiger partial charge on any atom is -0.439 e. The van der Waals surface area contributed by atoms with Gasteiger partial charge in [0, 0.05) is 16.2 Å². The standard InChI is InChI=1S/C19H20N2O3S/c1-19(2,3)18-21-14-13(25-4)8-7-11(17(14)24-18)16(23)12(9-20)15(22)10-5-6-10/h7-8,10,12H,5-6H2,1-4H3. The molecule has 1 aromatic carbocycles. The van der Waals surface area contributed by atoms with Gasteiger partial charge in [-0.05, 0) is 31.2 Å². The van der Waals surface area contributed by atoms with Crippen molar-refractivity contribution in [2.75, 3.05) is 6.26 Å². The summed E-state index contributed by atoms with van der Waals surface area (Å²) in [6.45, 7) is 5.94. The Hall–Kier alpha value is -2.13. The molecule has 1 aromatic heterocycles. The van der Waals surface area contributed by atoms with Crippen LogP contribution in [-0.2, 0) is 10.2 Å². The number of aromatic nitrogens is 1. The molecule has 0 amide bonds. The van der Waals surface area contributed by atoms with Crippen LogP contribution in [0.2, 0.25) is 0 Å². The predicted octanol–water partition coefficient (Wildman–Crippen LogP) is 4.15. The number of hydrogen-bond donors (Lipinski definition) is 0. The van der Waals surface area contributed by atoms with Crippen molar-refractivity contribution >= 4 is 34.4 Å². The number of benzene rings is 1. The van der Waals surface area contributed by atoms with Crippen LogP contribution in [0.3, 0.4) is 0 Å². The van der Waals surface area contributed by atoms with Crippen LogP contribution >= 0.6 is 11.8 Å². The lowest BCUT2D eigenvalue weighted by molar-refractivity contribution is -0.121. The average Bonchev–Trinajstić information content (AvgIpc) is 3.31. The van der Waals surface area contributed by atoms with Crippen LogP contribution in [0.15, 0.2) is 21.4 Å². The number of oxazole rings is 1. The Bertz CT molecular complexity index is 898.